The van der Waals surface area contributed by atoms with Crippen molar-refractivity contribution in [2.24, 2.45) is 0 Å². The molecule has 0 saturated heterocycles. The molecule has 28 heavy (non-hydrogen) atoms. The largest absolute Gasteiger partial charge is 0.374 e. The number of benzene rings is 2. The standard InChI is InChI=1S/C21H23N3O4/c1-14(2)28-13-16-9-7-15(8-10-16)11-22-19(25)12-24-20(26)17-5-3-4-6-18(17)23-21(24)27/h3-10,14H,11-13H2,1-2H3,(H,22,25)(H,23,27). The Hall–Kier alpha value is -3.19. The van der Waals surface area contributed by atoms with E-state index in [4.69, 9.17) is 4.74 Å². The van der Waals surface area contributed by atoms with Crippen LogP contribution in [0.4, 0.5) is 0 Å². The van der Waals surface area contributed by atoms with Gasteiger partial charge in [0.15, 0.2) is 0 Å². The fourth-order valence-corrected chi connectivity index (χ4v) is 2.76. The van der Waals surface area contributed by atoms with Gasteiger partial charge in [-0.2, -0.15) is 0 Å². The average Bonchev–Trinajstić information content (AvgIpc) is 2.68. The van der Waals surface area contributed by atoms with E-state index >= 15 is 0 Å². The van der Waals surface area contributed by atoms with Crippen LogP contribution in [-0.2, 0) is 29.2 Å². The lowest BCUT2D eigenvalue weighted by atomic mass is 10.1. The highest BCUT2D eigenvalue weighted by atomic mass is 16.5. The number of amides is 1. The third-order valence-corrected chi connectivity index (χ3v) is 4.29. The van der Waals surface area contributed by atoms with E-state index < -0.39 is 17.2 Å². The van der Waals surface area contributed by atoms with Gasteiger partial charge in [-0.25, -0.2) is 4.79 Å². The van der Waals surface area contributed by atoms with Gasteiger partial charge >= 0.3 is 5.69 Å². The Balaban J connectivity index is 1.63. The van der Waals surface area contributed by atoms with E-state index in [1.807, 2.05) is 38.1 Å². The van der Waals surface area contributed by atoms with Crippen LogP contribution in [0.5, 0.6) is 0 Å². The molecule has 0 aliphatic heterocycles. The van der Waals surface area contributed by atoms with E-state index in [1.165, 1.54) is 0 Å². The summed E-state index contributed by atoms with van der Waals surface area (Å²) in [6, 6.07) is 14.4. The van der Waals surface area contributed by atoms with Crippen molar-refractivity contribution < 1.29 is 9.53 Å². The van der Waals surface area contributed by atoms with Crippen molar-refractivity contribution in [2.45, 2.75) is 39.6 Å². The van der Waals surface area contributed by atoms with E-state index in [2.05, 4.69) is 10.3 Å². The highest BCUT2D eigenvalue weighted by Gasteiger charge is 2.11. The number of para-hydroxylation sites is 1. The van der Waals surface area contributed by atoms with Crippen molar-refractivity contribution in [2.75, 3.05) is 0 Å². The zero-order chi connectivity index (χ0) is 20.1. The molecule has 146 valence electrons. The minimum absolute atomic E-state index is 0.167. The van der Waals surface area contributed by atoms with Gasteiger partial charge in [-0.05, 0) is 37.1 Å². The summed E-state index contributed by atoms with van der Waals surface area (Å²) in [5.74, 6) is -0.407. The van der Waals surface area contributed by atoms with E-state index in [1.54, 1.807) is 24.3 Å². The minimum atomic E-state index is -0.603. The molecule has 7 nitrogen and oxygen atoms in total. The number of carbonyl (C=O) groups is 1. The molecule has 0 unspecified atom stereocenters. The normalized spacial score (nSPS) is 11.1. The zero-order valence-corrected chi connectivity index (χ0v) is 15.9. The molecule has 0 radical (unpaired) electrons. The molecule has 0 atom stereocenters. The molecule has 0 aliphatic carbocycles. The summed E-state index contributed by atoms with van der Waals surface area (Å²) in [6.07, 6.45) is 0.167. The van der Waals surface area contributed by atoms with E-state index in [0.29, 0.717) is 24.1 Å². The van der Waals surface area contributed by atoms with Crippen LogP contribution in [0.25, 0.3) is 10.9 Å². The Morgan fingerprint density at radius 2 is 1.75 bits per heavy atom. The molecule has 0 spiro atoms. The van der Waals surface area contributed by atoms with Crippen LogP contribution < -0.4 is 16.6 Å². The maximum Gasteiger partial charge on any atom is 0.329 e. The molecule has 0 saturated carbocycles. The summed E-state index contributed by atoms with van der Waals surface area (Å²) in [6.45, 7) is 4.48. The highest BCUT2D eigenvalue weighted by molar-refractivity contribution is 5.78. The third kappa shape index (κ3) is 4.75. The number of nitrogens with zero attached hydrogens (tertiary/aromatic N) is 1. The second kappa shape index (κ2) is 8.67. The van der Waals surface area contributed by atoms with Crippen LogP contribution in [-0.4, -0.2) is 21.6 Å². The van der Waals surface area contributed by atoms with Gasteiger partial charge in [0.2, 0.25) is 5.91 Å². The topological polar surface area (TPSA) is 93.2 Å². The number of aromatic amines is 1. The Labute approximate surface area is 162 Å². The lowest BCUT2D eigenvalue weighted by Gasteiger charge is -2.10. The lowest BCUT2D eigenvalue weighted by molar-refractivity contribution is -0.121. The number of rotatable bonds is 7. The van der Waals surface area contributed by atoms with Gasteiger partial charge in [-0.3, -0.25) is 14.2 Å². The summed E-state index contributed by atoms with van der Waals surface area (Å²) < 4.78 is 6.46. The molecule has 0 fully saturated rings. The molecule has 7 heteroatoms. The molecule has 0 bridgehead atoms. The van der Waals surface area contributed by atoms with Gasteiger partial charge in [-0.1, -0.05) is 36.4 Å². The number of hydrogen-bond donors (Lipinski definition) is 2. The number of hydrogen-bond acceptors (Lipinski definition) is 4. The van der Waals surface area contributed by atoms with Crippen LogP contribution in [0.3, 0.4) is 0 Å². The minimum Gasteiger partial charge on any atom is -0.374 e. The van der Waals surface area contributed by atoms with Crippen molar-refractivity contribution >= 4 is 16.8 Å². The molecule has 3 rings (SSSR count). The molecule has 0 aliphatic rings. The summed E-state index contributed by atoms with van der Waals surface area (Å²) in [5, 5.41) is 3.11. The highest BCUT2D eigenvalue weighted by Crippen LogP contribution is 2.07. The van der Waals surface area contributed by atoms with Crippen LogP contribution in [0.1, 0.15) is 25.0 Å². The second-order valence-electron chi connectivity index (χ2n) is 6.82. The molecule has 3 aromatic rings. The molecule has 1 heterocycles. The monoisotopic (exact) mass is 381 g/mol. The molecular weight excluding hydrogens is 358 g/mol. The van der Waals surface area contributed by atoms with Gasteiger partial charge in [0.25, 0.3) is 5.56 Å². The van der Waals surface area contributed by atoms with Gasteiger partial charge in [0.1, 0.15) is 6.54 Å². The molecule has 1 amide bonds. The van der Waals surface area contributed by atoms with Crippen LogP contribution in [0.2, 0.25) is 0 Å². The Morgan fingerprint density at radius 1 is 1.07 bits per heavy atom. The van der Waals surface area contributed by atoms with Crippen molar-refractivity contribution in [1.82, 2.24) is 14.9 Å². The van der Waals surface area contributed by atoms with Gasteiger partial charge in [0.05, 0.1) is 23.6 Å². The predicted molar refractivity (Wildman–Crippen MR) is 107 cm³/mol. The maximum atomic E-state index is 12.5. The van der Waals surface area contributed by atoms with Crippen LogP contribution >= 0.6 is 0 Å². The summed E-state index contributed by atoms with van der Waals surface area (Å²) in [7, 11) is 0. The number of carbonyl (C=O) groups excluding carboxylic acids is 1. The molecule has 2 N–H and O–H groups in total. The van der Waals surface area contributed by atoms with Crippen LogP contribution in [0, 0.1) is 0 Å². The first kappa shape index (κ1) is 19.6. The molecular formula is C21H23N3O4. The van der Waals surface area contributed by atoms with E-state index in [0.717, 1.165) is 15.7 Å². The summed E-state index contributed by atoms with van der Waals surface area (Å²) >= 11 is 0. The van der Waals surface area contributed by atoms with Crippen LogP contribution in [0.15, 0.2) is 58.1 Å². The number of fused-ring (bicyclic) bond motifs is 1. The zero-order valence-electron chi connectivity index (χ0n) is 15.9. The van der Waals surface area contributed by atoms with Gasteiger partial charge in [-0.15, -0.1) is 0 Å². The fraction of sp³-hybridized carbons (Fsp3) is 0.286. The van der Waals surface area contributed by atoms with Crippen molar-refractivity contribution in [1.29, 1.82) is 0 Å². The molecule has 2 aromatic carbocycles. The number of aromatic nitrogens is 2. The third-order valence-electron chi connectivity index (χ3n) is 4.29. The first-order valence-corrected chi connectivity index (χ1v) is 9.12. The Kier molecular flexibility index (Phi) is 6.06. The lowest BCUT2D eigenvalue weighted by Crippen LogP contribution is -2.40. The van der Waals surface area contributed by atoms with Gasteiger partial charge in [0, 0.05) is 6.54 Å². The van der Waals surface area contributed by atoms with Crippen molar-refractivity contribution in [3.63, 3.8) is 0 Å². The van der Waals surface area contributed by atoms with Crippen molar-refractivity contribution in [3.05, 3.63) is 80.5 Å². The first-order valence-electron chi connectivity index (χ1n) is 9.12. The van der Waals surface area contributed by atoms with Crippen molar-refractivity contribution in [3.8, 4) is 0 Å². The molecule has 1 aromatic heterocycles. The van der Waals surface area contributed by atoms with Gasteiger partial charge < -0.3 is 15.0 Å². The quantitative estimate of drug-likeness (QED) is 0.654. The summed E-state index contributed by atoms with van der Waals surface area (Å²) in [5.41, 5.74) is 1.34. The predicted octanol–water partition coefficient (Wildman–Crippen LogP) is 1.93. The number of nitrogens with one attached hydrogen (secondary N) is 2. The summed E-state index contributed by atoms with van der Waals surface area (Å²) in [4.78, 5) is 39.4. The fourth-order valence-electron chi connectivity index (χ4n) is 2.76. The number of ether oxygens (including phenoxy) is 1. The second-order valence-corrected chi connectivity index (χ2v) is 6.82. The SMILES string of the molecule is CC(C)OCc1ccc(CNC(=O)Cn2c(=O)[nH]c3ccccc3c2=O)cc1. The Bertz CT molecular complexity index is 1080. The maximum absolute atomic E-state index is 12.5. The smallest absolute Gasteiger partial charge is 0.329 e. The average molecular weight is 381 g/mol. The van der Waals surface area contributed by atoms with E-state index in [9.17, 15) is 14.4 Å². The number of H-pyrrole nitrogens is 1. The Morgan fingerprint density at radius 3 is 2.46 bits per heavy atom. The van der Waals surface area contributed by atoms with E-state index in [-0.39, 0.29) is 12.6 Å². The first-order chi connectivity index (χ1) is 13.4.